The number of nitrogens with one attached hydrogen (secondary N) is 1. The van der Waals surface area contributed by atoms with Gasteiger partial charge >= 0.3 is 6.03 Å². The van der Waals surface area contributed by atoms with Gasteiger partial charge in [-0.1, -0.05) is 31.5 Å². The Kier molecular flexibility index (Phi) is 6.90. The summed E-state index contributed by atoms with van der Waals surface area (Å²) in [7, 11) is 0. The Morgan fingerprint density at radius 2 is 2.00 bits per heavy atom. The van der Waals surface area contributed by atoms with Crippen LogP contribution in [-0.4, -0.2) is 35.7 Å². The van der Waals surface area contributed by atoms with Crippen LogP contribution in [0.4, 0.5) is 4.79 Å². The van der Waals surface area contributed by atoms with Gasteiger partial charge in [0.1, 0.15) is 0 Å². The van der Waals surface area contributed by atoms with Crippen LogP contribution in [0.1, 0.15) is 62.3 Å². The molecule has 1 aromatic carbocycles. The zero-order valence-electron chi connectivity index (χ0n) is 14.5. The van der Waals surface area contributed by atoms with E-state index in [1.807, 2.05) is 6.92 Å². The van der Waals surface area contributed by atoms with Gasteiger partial charge < -0.3 is 15.3 Å². The summed E-state index contributed by atoms with van der Waals surface area (Å²) in [6.07, 6.45) is 6.87. The highest BCUT2D eigenvalue weighted by molar-refractivity contribution is 5.74. The topological polar surface area (TPSA) is 52.6 Å². The summed E-state index contributed by atoms with van der Waals surface area (Å²) in [4.78, 5) is 14.1. The van der Waals surface area contributed by atoms with Crippen molar-refractivity contribution in [3.63, 3.8) is 0 Å². The number of unbranched alkanes of at least 4 members (excludes halogenated alkanes) is 1. The number of hydrogen-bond acceptors (Lipinski definition) is 2. The number of carbonyl (C=O) groups excluding carboxylic acids is 1. The van der Waals surface area contributed by atoms with Crippen LogP contribution in [0.2, 0.25) is 0 Å². The average Bonchev–Trinajstić information content (AvgIpc) is 2.58. The molecule has 128 valence electrons. The molecule has 4 heteroatoms. The molecule has 0 saturated heterocycles. The predicted octanol–water partition coefficient (Wildman–Crippen LogP) is 3.43. The summed E-state index contributed by atoms with van der Waals surface area (Å²) in [5.41, 5.74) is 4.06. The van der Waals surface area contributed by atoms with Crippen LogP contribution in [0.5, 0.6) is 0 Å². The third kappa shape index (κ3) is 4.96. The number of aliphatic hydroxyl groups excluding tert-OH is 1. The van der Waals surface area contributed by atoms with Crippen molar-refractivity contribution < 1.29 is 9.90 Å². The van der Waals surface area contributed by atoms with E-state index in [9.17, 15) is 4.79 Å². The second-order valence-electron chi connectivity index (χ2n) is 6.47. The van der Waals surface area contributed by atoms with Gasteiger partial charge in [-0.3, -0.25) is 0 Å². The van der Waals surface area contributed by atoms with E-state index in [0.717, 1.165) is 19.3 Å². The van der Waals surface area contributed by atoms with Crippen LogP contribution < -0.4 is 5.32 Å². The maximum absolute atomic E-state index is 12.4. The monoisotopic (exact) mass is 318 g/mol. The van der Waals surface area contributed by atoms with Gasteiger partial charge in [0, 0.05) is 13.1 Å². The molecular weight excluding hydrogens is 288 g/mol. The minimum Gasteiger partial charge on any atom is -0.395 e. The molecule has 2 N–H and O–H groups in total. The van der Waals surface area contributed by atoms with Crippen LogP contribution in [0.15, 0.2) is 18.2 Å². The molecule has 0 aromatic heterocycles. The molecule has 2 rings (SSSR count). The van der Waals surface area contributed by atoms with Crippen LogP contribution in [0.25, 0.3) is 0 Å². The molecule has 0 saturated carbocycles. The van der Waals surface area contributed by atoms with E-state index in [-0.39, 0.29) is 18.7 Å². The number of aryl methyl sites for hydroxylation is 2. The third-order valence-corrected chi connectivity index (χ3v) is 4.65. The first-order valence-corrected chi connectivity index (χ1v) is 8.93. The second kappa shape index (κ2) is 8.92. The van der Waals surface area contributed by atoms with Gasteiger partial charge in [-0.05, 0) is 55.7 Å². The van der Waals surface area contributed by atoms with Gasteiger partial charge in [-0.25, -0.2) is 4.79 Å². The van der Waals surface area contributed by atoms with Crippen LogP contribution in [-0.2, 0) is 12.8 Å². The minimum atomic E-state index is -0.0854. The number of nitrogens with zero attached hydrogens (tertiary/aromatic N) is 1. The first-order valence-electron chi connectivity index (χ1n) is 8.93. The number of hydrogen-bond donors (Lipinski definition) is 2. The predicted molar refractivity (Wildman–Crippen MR) is 93.6 cm³/mol. The zero-order valence-corrected chi connectivity index (χ0v) is 14.5. The highest BCUT2D eigenvalue weighted by Crippen LogP contribution is 2.24. The summed E-state index contributed by atoms with van der Waals surface area (Å²) in [6, 6.07) is 6.50. The molecule has 23 heavy (non-hydrogen) atoms. The fourth-order valence-corrected chi connectivity index (χ4v) is 3.17. The average molecular weight is 318 g/mol. The Bertz CT molecular complexity index is 516. The summed E-state index contributed by atoms with van der Waals surface area (Å²) < 4.78 is 0. The smallest absolute Gasteiger partial charge is 0.317 e. The molecule has 0 radical (unpaired) electrons. The lowest BCUT2D eigenvalue weighted by molar-refractivity contribution is 0.173. The Hall–Kier alpha value is -1.55. The van der Waals surface area contributed by atoms with Crippen molar-refractivity contribution in [3.8, 4) is 0 Å². The molecule has 4 nitrogen and oxygen atoms in total. The van der Waals surface area contributed by atoms with E-state index in [2.05, 4.69) is 30.4 Å². The third-order valence-electron chi connectivity index (χ3n) is 4.65. The fourth-order valence-electron chi connectivity index (χ4n) is 3.17. The van der Waals surface area contributed by atoms with Gasteiger partial charge in [0.25, 0.3) is 0 Å². The van der Waals surface area contributed by atoms with Crippen molar-refractivity contribution in [1.29, 1.82) is 0 Å². The van der Waals surface area contributed by atoms with Crippen molar-refractivity contribution in [2.45, 2.75) is 58.4 Å². The molecule has 1 atom stereocenters. The molecule has 0 spiro atoms. The summed E-state index contributed by atoms with van der Waals surface area (Å²) >= 11 is 0. The van der Waals surface area contributed by atoms with E-state index in [1.165, 1.54) is 36.0 Å². The molecule has 1 aliphatic carbocycles. The molecule has 0 bridgehead atoms. The molecule has 1 aromatic rings. The van der Waals surface area contributed by atoms with E-state index in [4.69, 9.17) is 5.11 Å². The van der Waals surface area contributed by atoms with Crippen LogP contribution in [0.3, 0.4) is 0 Å². The zero-order chi connectivity index (χ0) is 16.7. The number of carbonyl (C=O) groups is 1. The summed E-state index contributed by atoms with van der Waals surface area (Å²) in [5.74, 6) is 0. The first-order chi connectivity index (χ1) is 11.2. The summed E-state index contributed by atoms with van der Waals surface area (Å²) in [5, 5.41) is 12.2. The quantitative estimate of drug-likeness (QED) is 0.809. The molecule has 1 unspecified atom stereocenters. The maximum atomic E-state index is 12.4. The second-order valence-corrected chi connectivity index (χ2v) is 6.47. The number of urea groups is 1. The maximum Gasteiger partial charge on any atom is 0.317 e. The van der Waals surface area contributed by atoms with E-state index in [1.54, 1.807) is 4.90 Å². The Balaban J connectivity index is 1.99. The minimum absolute atomic E-state index is 0.00433. The van der Waals surface area contributed by atoms with Gasteiger partial charge in [0.05, 0.1) is 12.6 Å². The lowest BCUT2D eigenvalue weighted by Crippen LogP contribution is -2.43. The normalized spacial score (nSPS) is 14.9. The number of aliphatic hydroxyl groups is 1. The van der Waals surface area contributed by atoms with Crippen molar-refractivity contribution in [2.75, 3.05) is 19.7 Å². The van der Waals surface area contributed by atoms with Crippen molar-refractivity contribution in [2.24, 2.45) is 0 Å². The van der Waals surface area contributed by atoms with Gasteiger partial charge in [0.15, 0.2) is 0 Å². The number of amides is 2. The fraction of sp³-hybridized carbons (Fsp3) is 0.632. The highest BCUT2D eigenvalue weighted by Gasteiger charge is 2.17. The Morgan fingerprint density at radius 3 is 2.70 bits per heavy atom. The first kappa shape index (κ1) is 17.8. The van der Waals surface area contributed by atoms with Gasteiger partial charge in [-0.15, -0.1) is 0 Å². The summed E-state index contributed by atoms with van der Waals surface area (Å²) in [6.45, 7) is 5.22. The lowest BCUT2D eigenvalue weighted by atomic mass is 9.89. The van der Waals surface area contributed by atoms with Gasteiger partial charge in [0.2, 0.25) is 0 Å². The van der Waals surface area contributed by atoms with Gasteiger partial charge in [-0.2, -0.15) is 0 Å². The van der Waals surface area contributed by atoms with Crippen LogP contribution in [0, 0.1) is 0 Å². The number of fused-ring (bicyclic) bond motifs is 1. The Morgan fingerprint density at radius 1 is 1.26 bits per heavy atom. The largest absolute Gasteiger partial charge is 0.395 e. The lowest BCUT2D eigenvalue weighted by Gasteiger charge is -2.25. The number of rotatable bonds is 7. The molecule has 1 aliphatic rings. The SMILES string of the molecule is CCCCN(CCO)C(=O)NC(C)c1ccc2c(c1)CCCC2. The highest BCUT2D eigenvalue weighted by atomic mass is 16.3. The molecule has 0 aliphatic heterocycles. The Labute approximate surface area is 139 Å². The van der Waals surface area contributed by atoms with Crippen molar-refractivity contribution in [3.05, 3.63) is 34.9 Å². The van der Waals surface area contributed by atoms with Crippen molar-refractivity contribution >= 4 is 6.03 Å². The standard InChI is InChI=1S/C19H30N2O2/c1-3-4-11-21(12-13-22)19(23)20-15(2)17-10-9-16-7-5-6-8-18(16)14-17/h9-10,14-15,22H,3-8,11-13H2,1-2H3,(H,20,23). The molecule has 0 fully saturated rings. The van der Waals surface area contributed by atoms with E-state index >= 15 is 0 Å². The number of benzene rings is 1. The molecule has 2 amide bonds. The van der Waals surface area contributed by atoms with Crippen molar-refractivity contribution in [1.82, 2.24) is 10.2 Å². The van der Waals surface area contributed by atoms with Crippen LogP contribution >= 0.6 is 0 Å². The molecular formula is C19H30N2O2. The van der Waals surface area contributed by atoms with E-state index in [0.29, 0.717) is 13.1 Å². The van der Waals surface area contributed by atoms with E-state index < -0.39 is 0 Å². The molecule has 0 heterocycles.